The third-order valence-corrected chi connectivity index (χ3v) is 4.96. The number of nitrogens with one attached hydrogen (secondary N) is 1. The Hall–Kier alpha value is -0.440. The summed E-state index contributed by atoms with van der Waals surface area (Å²) in [6, 6.07) is 0. The van der Waals surface area contributed by atoms with Gasteiger partial charge in [-0.3, -0.25) is 4.79 Å². The zero-order chi connectivity index (χ0) is 10.8. The Labute approximate surface area is 95.9 Å². The number of hydrogen-bond acceptors (Lipinski definition) is 2. The summed E-state index contributed by atoms with van der Waals surface area (Å²) in [5.74, 6) is 1.93. The van der Waals surface area contributed by atoms with E-state index in [9.17, 15) is 4.79 Å². The van der Waals surface area contributed by atoms with Crippen LogP contribution in [0.4, 0.5) is 0 Å². The van der Waals surface area contributed by atoms with Crippen molar-refractivity contribution in [3.63, 3.8) is 0 Å². The standard InChI is InChI=1S/C12H19NOS/c1-3-4-5-6-10-11-9(7-15-10)8(2)13-12(11)14/h9-11H,2-7H2,1H3,(H,13,14). The van der Waals surface area contributed by atoms with Crippen LogP contribution in [0.2, 0.25) is 0 Å². The highest BCUT2D eigenvalue weighted by Crippen LogP contribution is 2.45. The summed E-state index contributed by atoms with van der Waals surface area (Å²) in [5.41, 5.74) is 0.954. The molecule has 1 N–H and O–H groups in total. The number of allylic oxidation sites excluding steroid dienone is 1. The lowest BCUT2D eigenvalue weighted by molar-refractivity contribution is -0.122. The van der Waals surface area contributed by atoms with Crippen molar-refractivity contribution in [1.82, 2.24) is 5.32 Å². The Balaban J connectivity index is 1.92. The summed E-state index contributed by atoms with van der Waals surface area (Å²) in [5, 5.41) is 3.43. The predicted molar refractivity (Wildman–Crippen MR) is 64.7 cm³/mol. The van der Waals surface area contributed by atoms with Crippen LogP contribution in [0.25, 0.3) is 0 Å². The molecule has 2 aliphatic heterocycles. The predicted octanol–water partition coefficient (Wildman–Crippen LogP) is 2.56. The lowest BCUT2D eigenvalue weighted by atomic mass is 9.90. The molecule has 15 heavy (non-hydrogen) atoms. The molecule has 84 valence electrons. The summed E-state index contributed by atoms with van der Waals surface area (Å²) < 4.78 is 0. The van der Waals surface area contributed by atoms with E-state index in [1.807, 2.05) is 11.8 Å². The topological polar surface area (TPSA) is 29.1 Å². The summed E-state index contributed by atoms with van der Waals surface area (Å²) in [6.45, 7) is 6.15. The average molecular weight is 225 g/mol. The van der Waals surface area contributed by atoms with Gasteiger partial charge >= 0.3 is 0 Å². The largest absolute Gasteiger partial charge is 0.330 e. The van der Waals surface area contributed by atoms with Crippen molar-refractivity contribution < 1.29 is 4.79 Å². The first kappa shape index (κ1) is 11.1. The van der Waals surface area contributed by atoms with Gasteiger partial charge in [0.05, 0.1) is 5.92 Å². The number of amides is 1. The maximum absolute atomic E-state index is 11.7. The molecule has 2 nitrogen and oxygen atoms in total. The first-order valence-electron chi connectivity index (χ1n) is 5.85. The highest BCUT2D eigenvalue weighted by molar-refractivity contribution is 8.00. The minimum absolute atomic E-state index is 0.219. The molecule has 2 heterocycles. The van der Waals surface area contributed by atoms with E-state index in [0.717, 1.165) is 11.4 Å². The van der Waals surface area contributed by atoms with Crippen molar-refractivity contribution in [1.29, 1.82) is 0 Å². The van der Waals surface area contributed by atoms with Crippen LogP contribution in [-0.2, 0) is 4.79 Å². The van der Waals surface area contributed by atoms with Crippen molar-refractivity contribution in [3.8, 4) is 0 Å². The van der Waals surface area contributed by atoms with Gasteiger partial charge in [0.1, 0.15) is 0 Å². The molecule has 1 amide bonds. The number of rotatable bonds is 4. The summed E-state index contributed by atoms with van der Waals surface area (Å²) in [7, 11) is 0. The van der Waals surface area contributed by atoms with Crippen LogP contribution >= 0.6 is 11.8 Å². The highest BCUT2D eigenvalue weighted by Gasteiger charge is 2.47. The van der Waals surface area contributed by atoms with E-state index >= 15 is 0 Å². The summed E-state index contributed by atoms with van der Waals surface area (Å²) in [4.78, 5) is 11.7. The number of hydrogen-bond donors (Lipinski definition) is 1. The summed E-state index contributed by atoms with van der Waals surface area (Å²) >= 11 is 1.97. The van der Waals surface area contributed by atoms with Crippen molar-refractivity contribution >= 4 is 17.7 Å². The third kappa shape index (κ3) is 2.07. The second-order valence-electron chi connectivity index (χ2n) is 4.51. The van der Waals surface area contributed by atoms with Gasteiger partial charge in [-0.05, 0) is 6.42 Å². The van der Waals surface area contributed by atoms with E-state index in [1.54, 1.807) is 0 Å². The Morgan fingerprint density at radius 1 is 1.53 bits per heavy atom. The molecule has 3 unspecified atom stereocenters. The molecule has 0 aromatic heterocycles. The van der Waals surface area contributed by atoms with Crippen LogP contribution in [0.5, 0.6) is 0 Å². The molecule has 2 rings (SSSR count). The van der Waals surface area contributed by atoms with Gasteiger partial charge in [-0.2, -0.15) is 11.8 Å². The van der Waals surface area contributed by atoms with Crippen molar-refractivity contribution in [2.24, 2.45) is 11.8 Å². The van der Waals surface area contributed by atoms with E-state index in [4.69, 9.17) is 0 Å². The van der Waals surface area contributed by atoms with E-state index in [2.05, 4.69) is 18.8 Å². The van der Waals surface area contributed by atoms with Gasteiger partial charge in [0.25, 0.3) is 0 Å². The van der Waals surface area contributed by atoms with E-state index in [1.165, 1.54) is 25.7 Å². The number of carbonyl (C=O) groups excluding carboxylic acids is 1. The van der Waals surface area contributed by atoms with Crippen LogP contribution < -0.4 is 5.32 Å². The molecule has 3 heteroatoms. The normalized spacial score (nSPS) is 34.3. The second kappa shape index (κ2) is 4.60. The maximum atomic E-state index is 11.7. The van der Waals surface area contributed by atoms with Gasteiger partial charge in [-0.1, -0.05) is 32.8 Å². The van der Waals surface area contributed by atoms with Gasteiger partial charge in [0.15, 0.2) is 0 Å². The fourth-order valence-electron chi connectivity index (χ4n) is 2.56. The Morgan fingerprint density at radius 2 is 2.33 bits per heavy atom. The van der Waals surface area contributed by atoms with Crippen LogP contribution in [-0.4, -0.2) is 16.9 Å². The maximum Gasteiger partial charge on any atom is 0.229 e. The smallest absolute Gasteiger partial charge is 0.229 e. The quantitative estimate of drug-likeness (QED) is 0.745. The number of carbonyl (C=O) groups is 1. The molecule has 0 bridgehead atoms. The Kier molecular flexibility index (Phi) is 3.39. The lowest BCUT2D eigenvalue weighted by Crippen LogP contribution is -2.25. The van der Waals surface area contributed by atoms with Crippen molar-refractivity contribution in [3.05, 3.63) is 12.3 Å². The van der Waals surface area contributed by atoms with Crippen LogP contribution in [0, 0.1) is 11.8 Å². The minimum Gasteiger partial charge on any atom is -0.330 e. The van der Waals surface area contributed by atoms with Crippen molar-refractivity contribution in [2.45, 2.75) is 37.9 Å². The van der Waals surface area contributed by atoms with Crippen LogP contribution in [0.15, 0.2) is 12.3 Å². The van der Waals surface area contributed by atoms with Crippen LogP contribution in [0.3, 0.4) is 0 Å². The van der Waals surface area contributed by atoms with Crippen LogP contribution in [0.1, 0.15) is 32.6 Å². The number of thioether (sulfide) groups is 1. The minimum atomic E-state index is 0.219. The molecular formula is C12H19NOS. The van der Waals surface area contributed by atoms with Gasteiger partial charge in [0.2, 0.25) is 5.91 Å². The molecular weight excluding hydrogens is 206 g/mol. The molecule has 3 atom stereocenters. The Morgan fingerprint density at radius 3 is 3.07 bits per heavy atom. The molecule has 0 aromatic rings. The first-order chi connectivity index (χ1) is 7.24. The third-order valence-electron chi connectivity index (χ3n) is 3.45. The summed E-state index contributed by atoms with van der Waals surface area (Å²) in [6.07, 6.45) is 5.00. The van der Waals surface area contributed by atoms with Gasteiger partial charge in [0, 0.05) is 22.6 Å². The van der Waals surface area contributed by atoms with Gasteiger partial charge in [-0.25, -0.2) is 0 Å². The second-order valence-corrected chi connectivity index (χ2v) is 5.79. The fraction of sp³-hybridized carbons (Fsp3) is 0.750. The van der Waals surface area contributed by atoms with E-state index in [-0.39, 0.29) is 11.8 Å². The molecule has 0 radical (unpaired) electrons. The fourth-order valence-corrected chi connectivity index (χ4v) is 4.27. The molecule has 2 fully saturated rings. The zero-order valence-electron chi connectivity index (χ0n) is 9.29. The average Bonchev–Trinajstić information content (AvgIpc) is 2.72. The molecule has 0 spiro atoms. The SMILES string of the molecule is C=C1NC(=O)C2C(CCCCC)SCC12. The molecule has 0 saturated carbocycles. The molecule has 2 saturated heterocycles. The number of unbranched alkanes of at least 4 members (excludes halogenated alkanes) is 2. The zero-order valence-corrected chi connectivity index (χ0v) is 10.1. The van der Waals surface area contributed by atoms with E-state index < -0.39 is 0 Å². The molecule has 0 aliphatic carbocycles. The van der Waals surface area contributed by atoms with Gasteiger partial charge in [-0.15, -0.1) is 0 Å². The first-order valence-corrected chi connectivity index (χ1v) is 6.90. The molecule has 0 aromatic carbocycles. The lowest BCUT2D eigenvalue weighted by Gasteiger charge is -2.14. The van der Waals surface area contributed by atoms with E-state index in [0.29, 0.717) is 11.2 Å². The Bertz CT molecular complexity index is 277. The van der Waals surface area contributed by atoms with Crippen molar-refractivity contribution in [2.75, 3.05) is 5.75 Å². The molecule has 2 aliphatic rings. The number of fused-ring (bicyclic) bond motifs is 1. The monoisotopic (exact) mass is 225 g/mol. The highest BCUT2D eigenvalue weighted by atomic mass is 32.2. The van der Waals surface area contributed by atoms with Gasteiger partial charge < -0.3 is 5.32 Å².